The summed E-state index contributed by atoms with van der Waals surface area (Å²) in [6.07, 6.45) is 71.8. The molecule has 0 fully saturated rings. The zero-order valence-electron chi connectivity index (χ0n) is 41.7. The third-order valence-electron chi connectivity index (χ3n) is 10.5. The minimum absolute atomic E-state index is 0.122. The Bertz CT molecular complexity index is 1400. The molecule has 0 radical (unpaired) electrons. The molecule has 0 N–H and O–H groups in total. The second-order valence-electron chi connectivity index (χ2n) is 16.8. The number of esters is 3. The number of hydrogen-bond acceptors (Lipinski definition) is 6. The van der Waals surface area contributed by atoms with Crippen LogP contribution in [0.25, 0.3) is 0 Å². The molecule has 6 nitrogen and oxygen atoms in total. The summed E-state index contributed by atoms with van der Waals surface area (Å²) in [5.74, 6) is -1.03. The number of rotatable bonds is 45. The fourth-order valence-corrected chi connectivity index (χ4v) is 6.59. The van der Waals surface area contributed by atoms with Gasteiger partial charge in [0.05, 0.1) is 0 Å². The molecule has 0 aliphatic carbocycles. The molecule has 0 aromatic heterocycles. The molecule has 0 aromatic rings. The Morgan fingerprint density at radius 2 is 0.677 bits per heavy atom. The third-order valence-corrected chi connectivity index (χ3v) is 10.5. The van der Waals surface area contributed by atoms with E-state index in [1.807, 2.05) is 36.5 Å². The molecule has 0 aromatic carbocycles. The van der Waals surface area contributed by atoms with E-state index in [1.54, 1.807) is 0 Å². The van der Waals surface area contributed by atoms with E-state index in [0.717, 1.165) is 89.9 Å². The van der Waals surface area contributed by atoms with Crippen molar-refractivity contribution in [3.63, 3.8) is 0 Å². The predicted octanol–water partition coefficient (Wildman–Crippen LogP) is 17.3. The van der Waals surface area contributed by atoms with Crippen molar-refractivity contribution >= 4 is 17.9 Å². The number of carbonyl (C=O) groups excluding carboxylic acids is 3. The van der Waals surface area contributed by atoms with E-state index in [2.05, 4.69) is 106 Å². The summed E-state index contributed by atoms with van der Waals surface area (Å²) in [4.78, 5) is 38.0. The number of allylic oxidation sites excluding steroid dienone is 20. The van der Waals surface area contributed by atoms with Crippen molar-refractivity contribution in [3.05, 3.63) is 122 Å². The maximum atomic E-state index is 12.8. The van der Waals surface area contributed by atoms with Gasteiger partial charge < -0.3 is 14.2 Å². The molecular weight excluding hydrogens is 805 g/mol. The van der Waals surface area contributed by atoms with Crippen LogP contribution in [0.4, 0.5) is 0 Å². The first-order valence-corrected chi connectivity index (χ1v) is 26.1. The minimum atomic E-state index is -0.824. The van der Waals surface area contributed by atoms with E-state index in [9.17, 15) is 14.4 Å². The Morgan fingerprint density at radius 3 is 1.15 bits per heavy atom. The van der Waals surface area contributed by atoms with Crippen LogP contribution in [0.5, 0.6) is 0 Å². The van der Waals surface area contributed by atoms with E-state index in [1.165, 1.54) is 77.0 Å². The van der Waals surface area contributed by atoms with Crippen molar-refractivity contribution in [1.29, 1.82) is 0 Å². The maximum Gasteiger partial charge on any atom is 0.306 e. The molecule has 65 heavy (non-hydrogen) atoms. The highest BCUT2D eigenvalue weighted by molar-refractivity contribution is 5.71. The number of carbonyl (C=O) groups is 3. The fourth-order valence-electron chi connectivity index (χ4n) is 6.59. The Kier molecular flexibility index (Phi) is 49.1. The van der Waals surface area contributed by atoms with Gasteiger partial charge in [-0.2, -0.15) is 0 Å². The van der Waals surface area contributed by atoms with Gasteiger partial charge in [0.25, 0.3) is 0 Å². The summed E-state index contributed by atoms with van der Waals surface area (Å²) < 4.78 is 16.7. The summed E-state index contributed by atoms with van der Waals surface area (Å²) in [5.41, 5.74) is 0. The summed E-state index contributed by atoms with van der Waals surface area (Å²) in [5, 5.41) is 0. The zero-order chi connectivity index (χ0) is 47.2. The first-order chi connectivity index (χ1) is 32.0. The number of ether oxygens (including phenoxy) is 3. The molecule has 0 spiro atoms. The average molecular weight is 899 g/mol. The van der Waals surface area contributed by atoms with Crippen molar-refractivity contribution < 1.29 is 28.6 Å². The molecule has 366 valence electrons. The quantitative estimate of drug-likeness (QED) is 0.0199. The first kappa shape index (κ1) is 60.8. The lowest BCUT2D eigenvalue weighted by Gasteiger charge is -2.18. The average Bonchev–Trinajstić information content (AvgIpc) is 3.30. The molecule has 0 amide bonds. The molecule has 1 unspecified atom stereocenters. The summed E-state index contributed by atoms with van der Waals surface area (Å²) in [6.45, 7) is 6.34. The van der Waals surface area contributed by atoms with Crippen LogP contribution in [0.2, 0.25) is 0 Å². The SMILES string of the molecule is CC\C=C/C=C\C=C/C=C\CCCCCC(=O)OCC(COC(=O)CCC/C=C\C/C=C\C/C=C\C/C=C\CCCCC)OC(=O)CCCCCCCCC/C=C\C/C=C\CCCCC. The van der Waals surface area contributed by atoms with Gasteiger partial charge in [0.1, 0.15) is 13.2 Å². The van der Waals surface area contributed by atoms with E-state index in [-0.39, 0.29) is 37.5 Å². The van der Waals surface area contributed by atoms with Crippen molar-refractivity contribution in [2.45, 2.75) is 219 Å². The summed E-state index contributed by atoms with van der Waals surface area (Å²) in [7, 11) is 0. The molecule has 0 aliphatic rings. The van der Waals surface area contributed by atoms with Gasteiger partial charge in [0.15, 0.2) is 6.10 Å². The van der Waals surface area contributed by atoms with Crippen LogP contribution in [0.15, 0.2) is 122 Å². The largest absolute Gasteiger partial charge is 0.462 e. The smallest absolute Gasteiger partial charge is 0.306 e. The molecule has 0 rings (SSSR count). The number of hydrogen-bond donors (Lipinski definition) is 0. The van der Waals surface area contributed by atoms with Gasteiger partial charge in [0, 0.05) is 19.3 Å². The highest BCUT2D eigenvalue weighted by Gasteiger charge is 2.19. The van der Waals surface area contributed by atoms with Crippen LogP contribution < -0.4 is 0 Å². The van der Waals surface area contributed by atoms with Gasteiger partial charge in [0.2, 0.25) is 0 Å². The van der Waals surface area contributed by atoms with Gasteiger partial charge in [-0.05, 0) is 109 Å². The monoisotopic (exact) mass is 899 g/mol. The molecule has 0 saturated heterocycles. The second-order valence-corrected chi connectivity index (χ2v) is 16.8. The molecule has 6 heteroatoms. The van der Waals surface area contributed by atoms with Crippen LogP contribution in [-0.4, -0.2) is 37.2 Å². The number of unbranched alkanes of at least 4 members (excludes halogenated alkanes) is 17. The Labute approximate surface area is 399 Å². The van der Waals surface area contributed by atoms with Crippen LogP contribution in [-0.2, 0) is 28.6 Å². The van der Waals surface area contributed by atoms with Gasteiger partial charge >= 0.3 is 17.9 Å². The topological polar surface area (TPSA) is 78.9 Å². The zero-order valence-corrected chi connectivity index (χ0v) is 41.7. The third kappa shape index (κ3) is 50.7. The molecule has 1 atom stereocenters. The van der Waals surface area contributed by atoms with Crippen LogP contribution >= 0.6 is 0 Å². The van der Waals surface area contributed by atoms with Crippen molar-refractivity contribution in [1.82, 2.24) is 0 Å². The summed E-state index contributed by atoms with van der Waals surface area (Å²) >= 11 is 0. The lowest BCUT2D eigenvalue weighted by Crippen LogP contribution is -2.30. The fraction of sp³-hybridized carbons (Fsp3) is 0.610. The molecule has 0 heterocycles. The van der Waals surface area contributed by atoms with Gasteiger partial charge in [-0.15, -0.1) is 0 Å². The van der Waals surface area contributed by atoms with Crippen LogP contribution in [0, 0.1) is 0 Å². The normalized spacial score (nSPS) is 13.1. The van der Waals surface area contributed by atoms with E-state index in [0.29, 0.717) is 19.3 Å². The minimum Gasteiger partial charge on any atom is -0.462 e. The summed E-state index contributed by atoms with van der Waals surface area (Å²) in [6, 6.07) is 0. The second kappa shape index (κ2) is 52.4. The van der Waals surface area contributed by atoms with E-state index >= 15 is 0 Å². The highest BCUT2D eigenvalue weighted by Crippen LogP contribution is 2.13. The Morgan fingerprint density at radius 1 is 0.338 bits per heavy atom. The highest BCUT2D eigenvalue weighted by atomic mass is 16.6. The lowest BCUT2D eigenvalue weighted by molar-refractivity contribution is -0.167. The van der Waals surface area contributed by atoms with Gasteiger partial charge in [-0.25, -0.2) is 0 Å². The van der Waals surface area contributed by atoms with E-state index < -0.39 is 6.10 Å². The van der Waals surface area contributed by atoms with Gasteiger partial charge in [-0.3, -0.25) is 14.4 Å². The van der Waals surface area contributed by atoms with E-state index in [4.69, 9.17) is 14.2 Å². The Hall–Kier alpha value is -4.19. The van der Waals surface area contributed by atoms with Crippen molar-refractivity contribution in [2.24, 2.45) is 0 Å². The molecule has 0 saturated carbocycles. The molecule has 0 aliphatic heterocycles. The molecular formula is C59H94O6. The van der Waals surface area contributed by atoms with Crippen molar-refractivity contribution in [3.8, 4) is 0 Å². The molecule has 0 bridgehead atoms. The first-order valence-electron chi connectivity index (χ1n) is 26.1. The lowest BCUT2D eigenvalue weighted by atomic mass is 10.1. The maximum absolute atomic E-state index is 12.8. The standard InChI is InChI=1S/C59H94O6/c1-4-7-10-13-16-19-22-25-27-29-31-34-37-40-43-46-49-52-58(61)64-55-56(54-63-57(60)51-48-45-42-39-36-33-24-21-18-15-12-9-6-3)65-59(62)53-50-47-44-41-38-35-32-30-28-26-23-20-17-14-11-8-5-2/h9,12,15-21,24-28,31,33-34,36,40,43,56H,4-8,10-11,13-14,22-23,29-30,32,35,37-39,41-42,44-55H2,1-3H3/b12-9-,18-15-,19-16-,20-17-,24-21-,27-25-,28-26-,34-31-,36-33-,43-40-. The predicted molar refractivity (Wildman–Crippen MR) is 279 cm³/mol. The van der Waals surface area contributed by atoms with Crippen LogP contribution in [0.1, 0.15) is 213 Å². The van der Waals surface area contributed by atoms with Crippen LogP contribution in [0.3, 0.4) is 0 Å². The Balaban J connectivity index is 4.56. The van der Waals surface area contributed by atoms with Crippen molar-refractivity contribution in [2.75, 3.05) is 13.2 Å². The van der Waals surface area contributed by atoms with Gasteiger partial charge in [-0.1, -0.05) is 206 Å².